The Balaban J connectivity index is 1.76. The van der Waals surface area contributed by atoms with Gasteiger partial charge in [0.2, 0.25) is 11.8 Å². The molecule has 0 spiro atoms. The third-order valence-corrected chi connectivity index (χ3v) is 7.61. The number of halogens is 3. The number of hydrogen-bond acceptors (Lipinski definition) is 5. The van der Waals surface area contributed by atoms with Crippen LogP contribution >= 0.6 is 11.3 Å². The van der Waals surface area contributed by atoms with Crippen LogP contribution in [0.15, 0.2) is 29.6 Å². The van der Waals surface area contributed by atoms with Crippen LogP contribution in [0.3, 0.4) is 0 Å². The largest absolute Gasteiger partial charge is 0.443 e. The second-order valence-corrected chi connectivity index (χ2v) is 10.9. The maximum atomic E-state index is 14.0. The molecule has 1 aliphatic heterocycles. The Morgan fingerprint density at radius 1 is 1.19 bits per heavy atom. The lowest BCUT2D eigenvalue weighted by Crippen LogP contribution is -2.67. The van der Waals surface area contributed by atoms with E-state index in [-0.39, 0.29) is 24.0 Å². The van der Waals surface area contributed by atoms with Crippen LogP contribution in [0.4, 0.5) is 13.2 Å². The van der Waals surface area contributed by atoms with E-state index < -0.39 is 47.0 Å². The molecule has 3 amide bonds. The van der Waals surface area contributed by atoms with Crippen molar-refractivity contribution in [1.29, 1.82) is 0 Å². The van der Waals surface area contributed by atoms with E-state index in [0.717, 1.165) is 16.5 Å². The van der Waals surface area contributed by atoms with Crippen molar-refractivity contribution in [2.45, 2.75) is 57.4 Å². The monoisotopic (exact) mass is 522 g/mol. The molecule has 1 aromatic carbocycles. The standard InChI is InChI=1S/C25H29F3N4O3S/c1-13(2)9-18-21(33)30-19(16-10-14-7-5-6-8-15(14)11-16)22(34)32(18)20(23(35)31(3)4)17-12-36-24(29-17)25(26,27)28/h5-8,12-13,16,18-20H,9-11H2,1-4H3,(H,30,33)/t18-,19-,20-/m1/s1. The van der Waals surface area contributed by atoms with Crippen LogP contribution < -0.4 is 5.32 Å². The van der Waals surface area contributed by atoms with Gasteiger partial charge in [0, 0.05) is 19.5 Å². The highest BCUT2D eigenvalue weighted by Gasteiger charge is 2.50. The Hall–Kier alpha value is -2.95. The van der Waals surface area contributed by atoms with Crippen molar-refractivity contribution in [3.63, 3.8) is 0 Å². The number of likely N-dealkylation sites (N-methyl/N-ethyl adjacent to an activating group) is 1. The number of alkyl halides is 3. The Morgan fingerprint density at radius 2 is 1.81 bits per heavy atom. The molecular formula is C25H29F3N4O3S. The topological polar surface area (TPSA) is 82.6 Å². The molecule has 36 heavy (non-hydrogen) atoms. The lowest BCUT2D eigenvalue weighted by Gasteiger charge is -2.44. The molecule has 0 bridgehead atoms. The number of carbonyl (C=O) groups is 3. The maximum Gasteiger partial charge on any atom is 0.443 e. The molecule has 1 aromatic heterocycles. The number of aromatic nitrogens is 1. The lowest BCUT2D eigenvalue weighted by molar-refractivity contribution is -0.160. The lowest BCUT2D eigenvalue weighted by atomic mass is 9.88. The smallest absolute Gasteiger partial charge is 0.347 e. The number of nitrogens with zero attached hydrogens (tertiary/aromatic N) is 3. The molecule has 0 unspecified atom stereocenters. The van der Waals surface area contributed by atoms with Crippen molar-refractivity contribution in [1.82, 2.24) is 20.1 Å². The number of rotatable bonds is 6. The first-order valence-corrected chi connectivity index (χ1v) is 12.7. The van der Waals surface area contributed by atoms with Crippen LogP contribution in [-0.2, 0) is 33.4 Å². The first-order chi connectivity index (χ1) is 16.9. The maximum absolute atomic E-state index is 14.0. The van der Waals surface area contributed by atoms with Gasteiger partial charge in [0.25, 0.3) is 5.91 Å². The summed E-state index contributed by atoms with van der Waals surface area (Å²) in [7, 11) is 2.92. The number of piperazine rings is 1. The summed E-state index contributed by atoms with van der Waals surface area (Å²) in [5.74, 6) is -1.73. The van der Waals surface area contributed by atoms with Gasteiger partial charge >= 0.3 is 6.18 Å². The fraction of sp³-hybridized carbons (Fsp3) is 0.520. The van der Waals surface area contributed by atoms with E-state index in [1.54, 1.807) is 0 Å². The molecular weight excluding hydrogens is 493 g/mol. The van der Waals surface area contributed by atoms with Crippen LogP contribution in [0.1, 0.15) is 48.1 Å². The molecule has 4 rings (SSSR count). The Labute approximate surface area is 211 Å². The second-order valence-electron chi connectivity index (χ2n) is 10.0. The predicted octanol–water partition coefficient (Wildman–Crippen LogP) is 3.45. The molecule has 1 fully saturated rings. The zero-order valence-corrected chi connectivity index (χ0v) is 21.3. The molecule has 1 saturated heterocycles. The van der Waals surface area contributed by atoms with E-state index in [1.165, 1.54) is 23.9 Å². The molecule has 1 aliphatic carbocycles. The van der Waals surface area contributed by atoms with Gasteiger partial charge in [-0.15, -0.1) is 11.3 Å². The van der Waals surface area contributed by atoms with Crippen molar-refractivity contribution < 1.29 is 27.6 Å². The Kier molecular flexibility index (Phi) is 7.14. The van der Waals surface area contributed by atoms with Gasteiger partial charge in [-0.2, -0.15) is 13.2 Å². The minimum Gasteiger partial charge on any atom is -0.347 e. The van der Waals surface area contributed by atoms with E-state index in [2.05, 4.69) is 10.3 Å². The minimum absolute atomic E-state index is 0.0142. The summed E-state index contributed by atoms with van der Waals surface area (Å²) in [6.45, 7) is 3.76. The van der Waals surface area contributed by atoms with Crippen molar-refractivity contribution in [2.75, 3.05) is 14.1 Å². The van der Waals surface area contributed by atoms with E-state index in [9.17, 15) is 27.6 Å². The number of amides is 3. The number of benzene rings is 1. The van der Waals surface area contributed by atoms with Gasteiger partial charge in [0.15, 0.2) is 11.0 Å². The molecule has 0 saturated carbocycles. The zero-order chi connectivity index (χ0) is 26.4. The van der Waals surface area contributed by atoms with Crippen molar-refractivity contribution >= 4 is 29.1 Å². The predicted molar refractivity (Wildman–Crippen MR) is 128 cm³/mol. The van der Waals surface area contributed by atoms with Gasteiger partial charge in [-0.1, -0.05) is 38.1 Å². The van der Waals surface area contributed by atoms with Crippen molar-refractivity contribution in [2.24, 2.45) is 11.8 Å². The Morgan fingerprint density at radius 3 is 2.31 bits per heavy atom. The summed E-state index contributed by atoms with van der Waals surface area (Å²) in [5.41, 5.74) is 2.00. The quantitative estimate of drug-likeness (QED) is 0.630. The normalized spacial score (nSPS) is 21.5. The highest BCUT2D eigenvalue weighted by molar-refractivity contribution is 7.09. The van der Waals surface area contributed by atoms with Gasteiger partial charge in [0.05, 0.1) is 5.69 Å². The van der Waals surface area contributed by atoms with E-state index in [0.29, 0.717) is 24.2 Å². The molecule has 2 heterocycles. The van der Waals surface area contributed by atoms with Crippen LogP contribution in [0, 0.1) is 11.8 Å². The van der Waals surface area contributed by atoms with Gasteiger partial charge < -0.3 is 15.1 Å². The van der Waals surface area contributed by atoms with Crippen molar-refractivity contribution in [3.8, 4) is 0 Å². The van der Waals surface area contributed by atoms with Crippen LogP contribution in [-0.4, -0.2) is 58.7 Å². The average Bonchev–Trinajstić information content (AvgIpc) is 3.45. The fourth-order valence-corrected chi connectivity index (χ4v) is 5.75. The molecule has 1 N–H and O–H groups in total. The van der Waals surface area contributed by atoms with E-state index in [1.807, 2.05) is 38.1 Å². The highest BCUT2D eigenvalue weighted by Crippen LogP contribution is 2.38. The second kappa shape index (κ2) is 9.84. The van der Waals surface area contributed by atoms with Crippen LogP contribution in [0.2, 0.25) is 0 Å². The summed E-state index contributed by atoms with van der Waals surface area (Å²) in [5, 5.41) is 2.93. The first-order valence-electron chi connectivity index (χ1n) is 11.8. The number of fused-ring (bicyclic) bond motifs is 1. The zero-order valence-electron chi connectivity index (χ0n) is 20.5. The molecule has 7 nitrogen and oxygen atoms in total. The molecule has 0 radical (unpaired) electrons. The molecule has 3 atom stereocenters. The fourth-order valence-electron chi connectivity index (χ4n) is 5.05. The summed E-state index contributed by atoms with van der Waals surface area (Å²) in [6.07, 6.45) is -3.27. The SMILES string of the molecule is CC(C)C[C@@H]1C(=O)N[C@H](C2Cc3ccccc3C2)C(=O)N1[C@@H](C(=O)N(C)C)c1csc(C(F)(F)F)n1. The summed E-state index contributed by atoms with van der Waals surface area (Å²) < 4.78 is 40.1. The van der Waals surface area contributed by atoms with Gasteiger partial charge in [-0.25, -0.2) is 4.98 Å². The highest BCUT2D eigenvalue weighted by atomic mass is 32.1. The number of carbonyl (C=O) groups excluding carboxylic acids is 3. The number of hydrogen-bond donors (Lipinski definition) is 1. The van der Waals surface area contributed by atoms with Crippen LogP contribution in [0.25, 0.3) is 0 Å². The summed E-state index contributed by atoms with van der Waals surface area (Å²) in [4.78, 5) is 46.9. The first kappa shape index (κ1) is 26.1. The van der Waals surface area contributed by atoms with Gasteiger partial charge in [-0.3, -0.25) is 14.4 Å². The third kappa shape index (κ3) is 4.98. The molecule has 11 heteroatoms. The van der Waals surface area contributed by atoms with E-state index >= 15 is 0 Å². The van der Waals surface area contributed by atoms with Gasteiger partial charge in [0.1, 0.15) is 12.1 Å². The van der Waals surface area contributed by atoms with E-state index in [4.69, 9.17) is 0 Å². The summed E-state index contributed by atoms with van der Waals surface area (Å²) >= 11 is 0.367. The number of thiazole rings is 1. The average molecular weight is 523 g/mol. The molecule has 194 valence electrons. The molecule has 2 aliphatic rings. The van der Waals surface area contributed by atoms with Gasteiger partial charge in [-0.05, 0) is 42.2 Å². The van der Waals surface area contributed by atoms with Crippen molar-refractivity contribution in [3.05, 3.63) is 51.5 Å². The summed E-state index contributed by atoms with van der Waals surface area (Å²) in [6, 6.07) is 4.45. The molecule has 2 aromatic rings. The Bertz CT molecular complexity index is 1140. The number of nitrogens with one attached hydrogen (secondary N) is 1. The third-order valence-electron chi connectivity index (χ3n) is 6.70. The van der Waals surface area contributed by atoms with Crippen LogP contribution in [0.5, 0.6) is 0 Å². The minimum atomic E-state index is -4.69.